The first-order chi connectivity index (χ1) is 24.8. The van der Waals surface area contributed by atoms with Crippen molar-refractivity contribution in [3.8, 4) is 67.2 Å². The second-order valence-corrected chi connectivity index (χ2v) is 12.6. The molecule has 1 heterocycles. The highest BCUT2D eigenvalue weighted by Crippen LogP contribution is 2.35. The van der Waals surface area contributed by atoms with Gasteiger partial charge in [-0.25, -0.2) is 9.97 Å². The van der Waals surface area contributed by atoms with Gasteiger partial charge >= 0.3 is 0 Å². The Morgan fingerprint density at radius 3 is 1.30 bits per heavy atom. The number of rotatable bonds is 6. The average molecular weight is 637 g/mol. The third-order valence-electron chi connectivity index (χ3n) is 9.50. The topological polar surface area (TPSA) is 25.8 Å². The number of fused-ring (bicyclic) bond motifs is 3. The van der Waals surface area contributed by atoms with Gasteiger partial charge in [0.2, 0.25) is 0 Å². The molecule has 2 nitrogen and oxygen atoms in total. The molecule has 0 saturated heterocycles. The second-order valence-electron chi connectivity index (χ2n) is 12.6. The van der Waals surface area contributed by atoms with E-state index >= 15 is 0 Å². The lowest BCUT2D eigenvalue weighted by atomic mass is 9.95. The van der Waals surface area contributed by atoms with Gasteiger partial charge in [0.05, 0.1) is 11.2 Å². The molecule has 0 radical (unpaired) electrons. The molecule has 0 spiro atoms. The zero-order chi connectivity index (χ0) is 33.3. The molecule has 0 fully saturated rings. The standard InChI is InChI=1S/C48H32N2/c1-3-11-33(12-4-1)40-16-9-18-42(31-40)43-19-10-17-41(32-43)36-23-21-34(22-24-36)35-25-27-38(28-26-35)46-45-30-29-37-13-7-8-20-44(37)47(45)50-48(49-46)39-14-5-2-6-15-39/h1-32H. The summed E-state index contributed by atoms with van der Waals surface area (Å²) in [7, 11) is 0. The summed E-state index contributed by atoms with van der Waals surface area (Å²) in [5.74, 6) is 0.733. The zero-order valence-corrected chi connectivity index (χ0v) is 27.4. The van der Waals surface area contributed by atoms with Crippen LogP contribution in [0.25, 0.3) is 88.8 Å². The molecular formula is C48H32N2. The summed E-state index contributed by atoms with van der Waals surface area (Å²) in [6, 6.07) is 68.8. The van der Waals surface area contributed by atoms with Crippen LogP contribution in [0.1, 0.15) is 0 Å². The molecule has 9 rings (SSSR count). The van der Waals surface area contributed by atoms with E-state index in [2.05, 4.69) is 176 Å². The van der Waals surface area contributed by atoms with Gasteiger partial charge in [0.15, 0.2) is 5.82 Å². The van der Waals surface area contributed by atoms with E-state index in [4.69, 9.17) is 9.97 Å². The monoisotopic (exact) mass is 636 g/mol. The Bertz CT molecular complexity index is 2610. The van der Waals surface area contributed by atoms with Gasteiger partial charge in [-0.2, -0.15) is 0 Å². The fourth-order valence-electron chi connectivity index (χ4n) is 6.86. The van der Waals surface area contributed by atoms with Gasteiger partial charge in [0, 0.05) is 21.9 Å². The van der Waals surface area contributed by atoms with Crippen LogP contribution in [0.15, 0.2) is 194 Å². The van der Waals surface area contributed by atoms with Gasteiger partial charge in [-0.05, 0) is 68.1 Å². The van der Waals surface area contributed by atoms with Gasteiger partial charge in [0.1, 0.15) is 0 Å². The van der Waals surface area contributed by atoms with Gasteiger partial charge in [-0.3, -0.25) is 0 Å². The van der Waals surface area contributed by atoms with Crippen LogP contribution in [-0.2, 0) is 0 Å². The Balaban J connectivity index is 1.02. The van der Waals surface area contributed by atoms with Crippen molar-refractivity contribution in [2.75, 3.05) is 0 Å². The maximum atomic E-state index is 5.13. The van der Waals surface area contributed by atoms with Crippen molar-refractivity contribution in [3.63, 3.8) is 0 Å². The molecule has 0 amide bonds. The smallest absolute Gasteiger partial charge is 0.160 e. The van der Waals surface area contributed by atoms with Crippen molar-refractivity contribution in [2.45, 2.75) is 0 Å². The highest BCUT2D eigenvalue weighted by molar-refractivity contribution is 6.09. The number of hydrogen-bond acceptors (Lipinski definition) is 2. The largest absolute Gasteiger partial charge is 0.227 e. The molecule has 1 aromatic heterocycles. The lowest BCUT2D eigenvalue weighted by Gasteiger charge is -2.12. The molecule has 234 valence electrons. The van der Waals surface area contributed by atoms with Crippen LogP contribution < -0.4 is 0 Å². The predicted molar refractivity (Wildman–Crippen MR) is 210 cm³/mol. The van der Waals surface area contributed by atoms with Crippen LogP contribution in [0, 0.1) is 0 Å². The van der Waals surface area contributed by atoms with Crippen molar-refractivity contribution < 1.29 is 0 Å². The first-order valence-electron chi connectivity index (χ1n) is 17.0. The summed E-state index contributed by atoms with van der Waals surface area (Å²) >= 11 is 0. The SMILES string of the molecule is c1ccc(-c2cccc(-c3cccc(-c4ccc(-c5ccc(-c6nc(-c7ccccc7)nc7c6ccc6ccccc67)cc5)cc4)c3)c2)cc1. The number of nitrogens with zero attached hydrogens (tertiary/aromatic N) is 2. The van der Waals surface area contributed by atoms with Gasteiger partial charge in [0.25, 0.3) is 0 Å². The van der Waals surface area contributed by atoms with Crippen LogP contribution in [0.2, 0.25) is 0 Å². The highest BCUT2D eigenvalue weighted by atomic mass is 14.9. The second kappa shape index (κ2) is 12.8. The first-order valence-corrected chi connectivity index (χ1v) is 17.0. The minimum Gasteiger partial charge on any atom is -0.227 e. The number of benzene rings is 8. The van der Waals surface area contributed by atoms with Crippen LogP contribution in [-0.4, -0.2) is 9.97 Å². The van der Waals surface area contributed by atoms with Gasteiger partial charge in [-0.15, -0.1) is 0 Å². The minimum atomic E-state index is 0.733. The Morgan fingerprint density at radius 1 is 0.260 bits per heavy atom. The van der Waals surface area contributed by atoms with E-state index in [-0.39, 0.29) is 0 Å². The van der Waals surface area contributed by atoms with E-state index in [0.717, 1.165) is 38.9 Å². The molecule has 50 heavy (non-hydrogen) atoms. The van der Waals surface area contributed by atoms with E-state index in [1.807, 2.05) is 18.2 Å². The van der Waals surface area contributed by atoms with Crippen LogP contribution >= 0.6 is 0 Å². The first kappa shape index (κ1) is 29.5. The Hall–Kier alpha value is -6.64. The van der Waals surface area contributed by atoms with E-state index in [1.54, 1.807) is 0 Å². The molecular weight excluding hydrogens is 605 g/mol. The normalized spacial score (nSPS) is 11.2. The summed E-state index contributed by atoms with van der Waals surface area (Å²) in [5, 5.41) is 3.36. The lowest BCUT2D eigenvalue weighted by Crippen LogP contribution is -1.96. The van der Waals surface area contributed by atoms with Gasteiger partial charge in [-0.1, -0.05) is 176 Å². The fraction of sp³-hybridized carbons (Fsp3) is 0. The van der Waals surface area contributed by atoms with Crippen molar-refractivity contribution in [1.29, 1.82) is 0 Å². The lowest BCUT2D eigenvalue weighted by molar-refractivity contribution is 1.23. The maximum absolute atomic E-state index is 5.13. The predicted octanol–water partition coefficient (Wildman–Crippen LogP) is 12.8. The summed E-state index contributed by atoms with van der Waals surface area (Å²) < 4.78 is 0. The fourth-order valence-corrected chi connectivity index (χ4v) is 6.86. The molecule has 0 N–H and O–H groups in total. The maximum Gasteiger partial charge on any atom is 0.160 e. The summed E-state index contributed by atoms with van der Waals surface area (Å²) in [6.07, 6.45) is 0. The molecule has 0 aliphatic rings. The molecule has 0 bridgehead atoms. The number of hydrogen-bond donors (Lipinski definition) is 0. The van der Waals surface area contributed by atoms with E-state index < -0.39 is 0 Å². The molecule has 8 aromatic carbocycles. The Morgan fingerprint density at radius 2 is 0.700 bits per heavy atom. The average Bonchev–Trinajstić information content (AvgIpc) is 3.21. The molecule has 0 unspecified atom stereocenters. The summed E-state index contributed by atoms with van der Waals surface area (Å²) in [6.45, 7) is 0. The Kier molecular flexibility index (Phi) is 7.53. The van der Waals surface area contributed by atoms with Crippen molar-refractivity contribution >= 4 is 21.7 Å². The van der Waals surface area contributed by atoms with Crippen LogP contribution in [0.5, 0.6) is 0 Å². The summed E-state index contributed by atoms with van der Waals surface area (Å²) in [5.41, 5.74) is 13.6. The third-order valence-corrected chi connectivity index (χ3v) is 9.50. The van der Waals surface area contributed by atoms with E-state index in [0.29, 0.717) is 0 Å². The quantitative estimate of drug-likeness (QED) is 0.170. The Labute approximate surface area is 292 Å². The minimum absolute atomic E-state index is 0.733. The van der Waals surface area contributed by atoms with Crippen molar-refractivity contribution in [3.05, 3.63) is 194 Å². The van der Waals surface area contributed by atoms with Crippen molar-refractivity contribution in [2.24, 2.45) is 0 Å². The summed E-state index contributed by atoms with van der Waals surface area (Å²) in [4.78, 5) is 10.2. The van der Waals surface area contributed by atoms with Gasteiger partial charge < -0.3 is 0 Å². The zero-order valence-electron chi connectivity index (χ0n) is 27.4. The molecule has 2 heteroatoms. The third kappa shape index (κ3) is 5.63. The van der Waals surface area contributed by atoms with Crippen LogP contribution in [0.4, 0.5) is 0 Å². The molecule has 0 atom stereocenters. The van der Waals surface area contributed by atoms with E-state index in [1.165, 1.54) is 49.9 Å². The highest BCUT2D eigenvalue weighted by Gasteiger charge is 2.14. The van der Waals surface area contributed by atoms with Crippen LogP contribution in [0.3, 0.4) is 0 Å². The molecule has 0 saturated carbocycles. The molecule has 9 aromatic rings. The van der Waals surface area contributed by atoms with E-state index in [9.17, 15) is 0 Å². The number of aromatic nitrogens is 2. The molecule has 0 aliphatic heterocycles. The molecule has 0 aliphatic carbocycles. The van der Waals surface area contributed by atoms with Crippen molar-refractivity contribution in [1.82, 2.24) is 9.97 Å².